The number of halogens is 4. The molecule has 1 fully saturated rings. The highest BCUT2D eigenvalue weighted by atomic mass is 35.5. The summed E-state index contributed by atoms with van der Waals surface area (Å²) in [7, 11) is 0. The number of benzene rings is 2. The molecule has 0 saturated carbocycles. The van der Waals surface area contributed by atoms with Crippen molar-refractivity contribution >= 4 is 23.2 Å². The Bertz CT molecular complexity index is 771. The molecule has 1 aliphatic heterocycles. The molecule has 7 heteroatoms. The number of carbonyl (C=O) groups excluding carboxylic acids is 1. The lowest BCUT2D eigenvalue weighted by Gasteiger charge is -2.36. The number of hydrogen-bond donors (Lipinski definition) is 0. The van der Waals surface area contributed by atoms with E-state index in [1.807, 2.05) is 18.2 Å². The van der Waals surface area contributed by atoms with Crippen LogP contribution in [0.25, 0.3) is 0 Å². The van der Waals surface area contributed by atoms with Crippen LogP contribution in [0.4, 0.5) is 18.9 Å². The van der Waals surface area contributed by atoms with Crippen LogP contribution >= 0.6 is 11.6 Å². The number of carbonyl (C=O) groups is 1. The first kappa shape index (κ1) is 17.6. The summed E-state index contributed by atoms with van der Waals surface area (Å²) < 4.78 is 39.3. The normalized spacial score (nSPS) is 15.4. The van der Waals surface area contributed by atoms with Crippen LogP contribution in [0.3, 0.4) is 0 Å². The molecule has 0 unspecified atom stereocenters. The molecule has 25 heavy (non-hydrogen) atoms. The summed E-state index contributed by atoms with van der Waals surface area (Å²) in [6.07, 6.45) is -4.55. The van der Waals surface area contributed by atoms with Crippen molar-refractivity contribution in [3.8, 4) is 0 Å². The Morgan fingerprint density at radius 3 is 2.28 bits per heavy atom. The van der Waals surface area contributed by atoms with Gasteiger partial charge in [0.25, 0.3) is 5.91 Å². The van der Waals surface area contributed by atoms with E-state index in [2.05, 4.69) is 4.90 Å². The van der Waals surface area contributed by atoms with Crippen molar-refractivity contribution in [2.24, 2.45) is 0 Å². The third-order valence-electron chi connectivity index (χ3n) is 4.20. The topological polar surface area (TPSA) is 23.6 Å². The van der Waals surface area contributed by atoms with Crippen molar-refractivity contribution in [3.63, 3.8) is 0 Å². The number of piperazine rings is 1. The lowest BCUT2D eigenvalue weighted by Crippen LogP contribution is -2.49. The molecule has 0 radical (unpaired) electrons. The molecule has 1 aliphatic rings. The predicted molar refractivity (Wildman–Crippen MR) is 91.0 cm³/mol. The molecule has 1 saturated heterocycles. The van der Waals surface area contributed by atoms with E-state index in [9.17, 15) is 18.0 Å². The van der Waals surface area contributed by atoms with Gasteiger partial charge in [-0.3, -0.25) is 4.79 Å². The first-order valence-electron chi connectivity index (χ1n) is 7.82. The fraction of sp³-hybridized carbons (Fsp3) is 0.278. The monoisotopic (exact) mass is 368 g/mol. The van der Waals surface area contributed by atoms with Gasteiger partial charge < -0.3 is 9.80 Å². The largest absolute Gasteiger partial charge is 0.417 e. The third-order valence-corrected chi connectivity index (χ3v) is 4.44. The molecule has 3 nitrogen and oxygen atoms in total. The Labute approximate surface area is 148 Å². The fourth-order valence-electron chi connectivity index (χ4n) is 2.93. The van der Waals surface area contributed by atoms with E-state index in [4.69, 9.17) is 11.6 Å². The molecular formula is C18H16ClF3N2O. The molecule has 3 rings (SSSR count). The second-order valence-electron chi connectivity index (χ2n) is 5.80. The van der Waals surface area contributed by atoms with Crippen LogP contribution in [0.1, 0.15) is 15.9 Å². The summed E-state index contributed by atoms with van der Waals surface area (Å²) in [4.78, 5) is 16.1. The molecule has 0 aliphatic carbocycles. The Kier molecular flexibility index (Phi) is 4.90. The van der Waals surface area contributed by atoms with Crippen LogP contribution in [0.5, 0.6) is 0 Å². The summed E-state index contributed by atoms with van der Waals surface area (Å²) in [5.41, 5.74) is -0.251. The maximum absolute atomic E-state index is 13.1. The van der Waals surface area contributed by atoms with Gasteiger partial charge >= 0.3 is 6.18 Å². The van der Waals surface area contributed by atoms with E-state index < -0.39 is 17.6 Å². The van der Waals surface area contributed by atoms with Crippen molar-refractivity contribution in [1.82, 2.24) is 4.90 Å². The fourth-order valence-corrected chi connectivity index (χ4v) is 3.11. The van der Waals surface area contributed by atoms with Gasteiger partial charge in [0.1, 0.15) is 0 Å². The maximum Gasteiger partial charge on any atom is 0.417 e. The minimum absolute atomic E-state index is 0.300. The lowest BCUT2D eigenvalue weighted by atomic mass is 10.1. The zero-order valence-electron chi connectivity index (χ0n) is 13.3. The highest BCUT2D eigenvalue weighted by Gasteiger charge is 2.36. The molecular weight excluding hydrogens is 353 g/mol. The molecule has 132 valence electrons. The first-order chi connectivity index (χ1) is 11.9. The summed E-state index contributed by atoms with van der Waals surface area (Å²) in [5, 5.41) is 0.620. The van der Waals surface area contributed by atoms with Gasteiger partial charge in [0.15, 0.2) is 0 Å². The quantitative estimate of drug-likeness (QED) is 0.788. The Morgan fingerprint density at radius 2 is 1.64 bits per heavy atom. The van der Waals surface area contributed by atoms with E-state index in [1.165, 1.54) is 23.1 Å². The van der Waals surface area contributed by atoms with Crippen molar-refractivity contribution in [2.75, 3.05) is 31.1 Å². The number of rotatable bonds is 2. The molecule has 0 N–H and O–H groups in total. The van der Waals surface area contributed by atoms with Crippen molar-refractivity contribution < 1.29 is 18.0 Å². The molecule has 0 spiro atoms. The van der Waals surface area contributed by atoms with Gasteiger partial charge in [0, 0.05) is 36.9 Å². The van der Waals surface area contributed by atoms with E-state index in [0.29, 0.717) is 31.2 Å². The molecule has 1 heterocycles. The summed E-state index contributed by atoms with van der Waals surface area (Å²) in [6, 6.07) is 12.3. The van der Waals surface area contributed by atoms with E-state index >= 15 is 0 Å². The average molecular weight is 369 g/mol. The van der Waals surface area contributed by atoms with Crippen molar-refractivity contribution in [3.05, 3.63) is 64.7 Å². The predicted octanol–water partition coefficient (Wildman–Crippen LogP) is 4.32. The van der Waals surface area contributed by atoms with E-state index in [-0.39, 0.29) is 5.56 Å². The molecule has 2 aromatic rings. The zero-order valence-corrected chi connectivity index (χ0v) is 14.0. The SMILES string of the molecule is O=C(c1ccccc1C(F)(F)F)N1CCN(c2cccc(Cl)c2)CC1. The van der Waals surface area contributed by atoms with Crippen LogP contribution in [-0.2, 0) is 6.18 Å². The highest BCUT2D eigenvalue weighted by molar-refractivity contribution is 6.30. The van der Waals surface area contributed by atoms with Gasteiger partial charge in [-0.25, -0.2) is 0 Å². The maximum atomic E-state index is 13.1. The van der Waals surface area contributed by atoms with Gasteiger partial charge in [0.05, 0.1) is 11.1 Å². The van der Waals surface area contributed by atoms with Crippen LogP contribution in [-0.4, -0.2) is 37.0 Å². The Balaban J connectivity index is 1.72. The van der Waals surface area contributed by atoms with Crippen LogP contribution in [0.2, 0.25) is 5.02 Å². The van der Waals surface area contributed by atoms with Crippen molar-refractivity contribution in [1.29, 1.82) is 0 Å². The zero-order chi connectivity index (χ0) is 18.0. The summed E-state index contributed by atoms with van der Waals surface area (Å²) in [5.74, 6) is -0.585. The number of nitrogens with zero attached hydrogens (tertiary/aromatic N) is 2. The third kappa shape index (κ3) is 3.90. The van der Waals surface area contributed by atoms with Gasteiger partial charge in [0.2, 0.25) is 0 Å². The summed E-state index contributed by atoms with van der Waals surface area (Å²) in [6.45, 7) is 1.80. The second-order valence-corrected chi connectivity index (χ2v) is 6.24. The Hall–Kier alpha value is -2.21. The summed E-state index contributed by atoms with van der Waals surface area (Å²) >= 11 is 5.99. The lowest BCUT2D eigenvalue weighted by molar-refractivity contribution is -0.138. The number of amides is 1. The minimum atomic E-state index is -4.55. The number of anilines is 1. The second kappa shape index (κ2) is 6.96. The molecule has 0 bridgehead atoms. The number of alkyl halides is 3. The van der Waals surface area contributed by atoms with Gasteiger partial charge in [-0.2, -0.15) is 13.2 Å². The highest BCUT2D eigenvalue weighted by Crippen LogP contribution is 2.32. The average Bonchev–Trinajstić information content (AvgIpc) is 2.60. The van der Waals surface area contributed by atoms with E-state index in [0.717, 1.165) is 11.8 Å². The number of hydrogen-bond acceptors (Lipinski definition) is 2. The van der Waals surface area contributed by atoms with E-state index in [1.54, 1.807) is 6.07 Å². The van der Waals surface area contributed by atoms with Crippen LogP contribution < -0.4 is 4.90 Å². The molecule has 2 aromatic carbocycles. The van der Waals surface area contributed by atoms with Crippen LogP contribution in [0, 0.1) is 0 Å². The molecule has 0 aromatic heterocycles. The standard InChI is InChI=1S/C18H16ClF3N2O/c19-13-4-3-5-14(12-13)23-8-10-24(11-9-23)17(25)15-6-1-2-7-16(15)18(20,21)22/h1-7,12H,8-11H2. The smallest absolute Gasteiger partial charge is 0.368 e. The first-order valence-corrected chi connectivity index (χ1v) is 8.20. The van der Waals surface area contributed by atoms with Gasteiger partial charge in [-0.15, -0.1) is 0 Å². The molecule has 1 amide bonds. The Morgan fingerprint density at radius 1 is 0.960 bits per heavy atom. The van der Waals surface area contributed by atoms with Crippen molar-refractivity contribution in [2.45, 2.75) is 6.18 Å². The molecule has 0 atom stereocenters. The minimum Gasteiger partial charge on any atom is -0.368 e. The van der Waals surface area contributed by atoms with Gasteiger partial charge in [-0.1, -0.05) is 29.8 Å². The van der Waals surface area contributed by atoms with Crippen LogP contribution in [0.15, 0.2) is 48.5 Å². The van der Waals surface area contributed by atoms with Gasteiger partial charge in [-0.05, 0) is 30.3 Å².